The molecule has 2 aromatic heterocycles. The Balaban J connectivity index is 1.86. The van der Waals surface area contributed by atoms with E-state index in [4.69, 9.17) is 23.2 Å². The number of benzene rings is 1. The molecule has 0 aliphatic heterocycles. The van der Waals surface area contributed by atoms with Crippen LogP contribution in [0.1, 0.15) is 60.9 Å². The lowest BCUT2D eigenvalue weighted by Crippen LogP contribution is -2.21. The zero-order valence-corrected chi connectivity index (χ0v) is 20.6. The third-order valence-corrected chi connectivity index (χ3v) is 6.05. The molecule has 0 atom stereocenters. The molecule has 0 saturated carbocycles. The van der Waals surface area contributed by atoms with Crippen LogP contribution in [-0.4, -0.2) is 26.6 Å². The molecule has 3 rings (SSSR count). The summed E-state index contributed by atoms with van der Waals surface area (Å²) in [6.07, 6.45) is -1.19. The van der Waals surface area contributed by atoms with E-state index in [1.165, 1.54) is 12.3 Å². The summed E-state index contributed by atoms with van der Waals surface area (Å²) < 4.78 is 27.1. The molecule has 0 radical (unpaired) electrons. The monoisotopic (exact) mass is 508 g/mol. The first-order chi connectivity index (χ1) is 15.9. The Hall–Kier alpha value is -2.84. The Morgan fingerprint density at radius 3 is 2.56 bits per heavy atom. The predicted molar refractivity (Wildman–Crippen MR) is 129 cm³/mol. The van der Waals surface area contributed by atoms with Crippen LogP contribution in [0.5, 0.6) is 0 Å². The SMILES string of the molecule is Cc1[nH]c(NC(=O)c2cc(CCC(=O)C(C)(C)C)cnc2C(F)F)nc1-c1cccc(Cl)c1Cl. The summed E-state index contributed by atoms with van der Waals surface area (Å²) in [6, 6.07) is 6.42. The second kappa shape index (κ2) is 10.2. The first-order valence-corrected chi connectivity index (χ1v) is 11.3. The summed E-state index contributed by atoms with van der Waals surface area (Å²) >= 11 is 12.4. The minimum absolute atomic E-state index is 0.0229. The Kier molecular flexibility index (Phi) is 7.73. The van der Waals surface area contributed by atoms with Crippen molar-refractivity contribution in [1.29, 1.82) is 0 Å². The normalized spacial score (nSPS) is 11.7. The van der Waals surface area contributed by atoms with Crippen molar-refractivity contribution in [2.75, 3.05) is 5.32 Å². The smallest absolute Gasteiger partial charge is 0.281 e. The fourth-order valence-electron chi connectivity index (χ4n) is 3.29. The van der Waals surface area contributed by atoms with E-state index in [-0.39, 0.29) is 30.1 Å². The minimum atomic E-state index is -2.95. The van der Waals surface area contributed by atoms with Gasteiger partial charge in [0, 0.05) is 29.3 Å². The van der Waals surface area contributed by atoms with Crippen LogP contribution >= 0.6 is 23.2 Å². The van der Waals surface area contributed by atoms with Crippen molar-refractivity contribution in [3.63, 3.8) is 0 Å². The number of pyridine rings is 1. The van der Waals surface area contributed by atoms with Gasteiger partial charge < -0.3 is 4.98 Å². The number of H-pyrrole nitrogens is 1. The van der Waals surface area contributed by atoms with Gasteiger partial charge in [0.25, 0.3) is 12.3 Å². The number of aromatic amines is 1. The fraction of sp³-hybridized carbons (Fsp3) is 0.333. The van der Waals surface area contributed by atoms with Gasteiger partial charge in [0.1, 0.15) is 11.5 Å². The molecule has 180 valence electrons. The number of ketones is 1. The number of carbonyl (C=O) groups is 2. The molecular weight excluding hydrogens is 485 g/mol. The zero-order chi connectivity index (χ0) is 25.2. The van der Waals surface area contributed by atoms with Gasteiger partial charge in [-0.3, -0.25) is 19.9 Å². The standard InChI is InChI=1S/C24H24Cl2F2N4O2/c1-12-19(14-6-5-7-16(25)18(14)26)31-23(30-12)32-22(34)15-10-13(11-29-20(15)21(27)28)8-9-17(33)24(2,3)4/h5-7,10-11,21H,8-9H2,1-4H3,(H2,30,31,32,34). The molecule has 0 unspecified atom stereocenters. The van der Waals surface area contributed by atoms with E-state index in [0.29, 0.717) is 32.6 Å². The maximum absolute atomic E-state index is 13.6. The molecule has 0 bridgehead atoms. The van der Waals surface area contributed by atoms with Crippen molar-refractivity contribution >= 4 is 40.8 Å². The van der Waals surface area contributed by atoms with E-state index in [9.17, 15) is 18.4 Å². The Morgan fingerprint density at radius 1 is 1.21 bits per heavy atom. The van der Waals surface area contributed by atoms with Gasteiger partial charge in [0.2, 0.25) is 5.95 Å². The Bertz CT molecular complexity index is 1240. The van der Waals surface area contributed by atoms with Gasteiger partial charge in [-0.15, -0.1) is 0 Å². The van der Waals surface area contributed by atoms with Crippen molar-refractivity contribution < 1.29 is 18.4 Å². The zero-order valence-electron chi connectivity index (χ0n) is 19.1. The molecule has 0 fully saturated rings. The summed E-state index contributed by atoms with van der Waals surface area (Å²) in [5, 5.41) is 3.17. The number of amides is 1. The number of Topliss-reactive ketones (excluding diaryl/α,β-unsaturated/α-hetero) is 1. The first kappa shape index (κ1) is 25.8. The van der Waals surface area contributed by atoms with E-state index in [2.05, 4.69) is 20.3 Å². The highest BCUT2D eigenvalue weighted by molar-refractivity contribution is 6.43. The quantitative estimate of drug-likeness (QED) is 0.366. The molecule has 6 nitrogen and oxygen atoms in total. The summed E-state index contributed by atoms with van der Waals surface area (Å²) in [7, 11) is 0. The predicted octanol–water partition coefficient (Wildman–Crippen LogP) is 6.82. The second-order valence-electron chi connectivity index (χ2n) is 8.86. The number of nitrogens with one attached hydrogen (secondary N) is 2. The third kappa shape index (κ3) is 5.80. The van der Waals surface area contributed by atoms with Crippen LogP contribution in [0.3, 0.4) is 0 Å². The Labute approximate surface area is 206 Å². The fourth-order valence-corrected chi connectivity index (χ4v) is 3.68. The minimum Gasteiger partial charge on any atom is -0.328 e. The molecule has 2 heterocycles. The van der Waals surface area contributed by atoms with E-state index >= 15 is 0 Å². The Morgan fingerprint density at radius 2 is 1.91 bits per heavy atom. The highest BCUT2D eigenvalue weighted by atomic mass is 35.5. The lowest BCUT2D eigenvalue weighted by Gasteiger charge is -2.16. The van der Waals surface area contributed by atoms with Crippen LogP contribution in [0.4, 0.5) is 14.7 Å². The highest BCUT2D eigenvalue weighted by Gasteiger charge is 2.24. The van der Waals surface area contributed by atoms with Crippen LogP contribution in [0.2, 0.25) is 10.0 Å². The largest absolute Gasteiger partial charge is 0.328 e. The number of rotatable bonds is 7. The molecule has 1 aromatic carbocycles. The van der Waals surface area contributed by atoms with Gasteiger partial charge in [-0.05, 0) is 31.0 Å². The van der Waals surface area contributed by atoms with Crippen molar-refractivity contribution in [3.05, 3.63) is 63.0 Å². The van der Waals surface area contributed by atoms with Gasteiger partial charge in [0.15, 0.2) is 0 Å². The molecule has 3 aromatic rings. The first-order valence-electron chi connectivity index (χ1n) is 10.5. The number of anilines is 1. The molecule has 2 N–H and O–H groups in total. The van der Waals surface area contributed by atoms with E-state index in [1.54, 1.807) is 25.1 Å². The van der Waals surface area contributed by atoms with Crippen LogP contribution in [0.25, 0.3) is 11.3 Å². The number of alkyl halides is 2. The van der Waals surface area contributed by atoms with Gasteiger partial charge in [-0.2, -0.15) is 0 Å². The molecule has 10 heteroatoms. The summed E-state index contributed by atoms with van der Waals surface area (Å²) in [5.41, 5.74) is 0.678. The molecule has 0 saturated heterocycles. The number of imidazole rings is 1. The maximum atomic E-state index is 13.6. The van der Waals surface area contributed by atoms with Crippen molar-refractivity contribution in [3.8, 4) is 11.3 Å². The van der Waals surface area contributed by atoms with Crippen molar-refractivity contribution in [2.24, 2.45) is 5.41 Å². The molecule has 0 aliphatic rings. The van der Waals surface area contributed by atoms with Crippen LogP contribution in [0.15, 0.2) is 30.5 Å². The summed E-state index contributed by atoms with van der Waals surface area (Å²) in [6.45, 7) is 7.15. The number of hydrogen-bond donors (Lipinski definition) is 2. The topological polar surface area (TPSA) is 87.7 Å². The number of aromatic nitrogens is 3. The third-order valence-electron chi connectivity index (χ3n) is 5.23. The second-order valence-corrected chi connectivity index (χ2v) is 9.65. The maximum Gasteiger partial charge on any atom is 0.281 e. The van der Waals surface area contributed by atoms with Crippen LogP contribution in [0, 0.1) is 12.3 Å². The van der Waals surface area contributed by atoms with Crippen LogP contribution in [-0.2, 0) is 11.2 Å². The van der Waals surface area contributed by atoms with Gasteiger partial charge in [-0.25, -0.2) is 13.8 Å². The number of aryl methyl sites for hydroxylation is 2. The van der Waals surface area contributed by atoms with Gasteiger partial charge in [0.05, 0.1) is 21.3 Å². The summed E-state index contributed by atoms with van der Waals surface area (Å²) in [4.78, 5) is 36.2. The van der Waals surface area contributed by atoms with E-state index in [0.717, 1.165) is 0 Å². The highest BCUT2D eigenvalue weighted by Crippen LogP contribution is 2.34. The summed E-state index contributed by atoms with van der Waals surface area (Å²) in [5.74, 6) is -0.721. The van der Waals surface area contributed by atoms with Gasteiger partial charge in [-0.1, -0.05) is 56.1 Å². The number of halogens is 4. The molecular formula is C24H24Cl2F2N4O2. The molecule has 1 amide bonds. The lowest BCUT2D eigenvalue weighted by molar-refractivity contribution is -0.126. The number of carbonyl (C=O) groups excluding carboxylic acids is 2. The van der Waals surface area contributed by atoms with E-state index in [1.807, 2.05) is 20.8 Å². The number of nitrogens with zero attached hydrogens (tertiary/aromatic N) is 2. The average molecular weight is 509 g/mol. The van der Waals surface area contributed by atoms with Crippen molar-refractivity contribution in [2.45, 2.75) is 47.0 Å². The molecule has 0 aliphatic carbocycles. The number of hydrogen-bond acceptors (Lipinski definition) is 4. The molecule has 0 spiro atoms. The van der Waals surface area contributed by atoms with Crippen LogP contribution < -0.4 is 5.32 Å². The average Bonchev–Trinajstić information content (AvgIpc) is 3.12. The van der Waals surface area contributed by atoms with E-state index < -0.39 is 23.4 Å². The lowest BCUT2D eigenvalue weighted by atomic mass is 9.87. The van der Waals surface area contributed by atoms with Gasteiger partial charge >= 0.3 is 0 Å². The van der Waals surface area contributed by atoms with Crippen molar-refractivity contribution in [1.82, 2.24) is 15.0 Å². The molecule has 34 heavy (non-hydrogen) atoms.